The Hall–Kier alpha value is -1.63. The molecule has 2 rings (SSSR count). The van der Waals surface area contributed by atoms with Crippen LogP contribution in [0.15, 0.2) is 0 Å². The molecule has 0 spiro atoms. The van der Waals surface area contributed by atoms with E-state index in [4.69, 9.17) is 9.47 Å². The first kappa shape index (κ1) is 13.8. The average molecular weight is 267 g/mol. The van der Waals surface area contributed by atoms with Gasteiger partial charge in [-0.1, -0.05) is 6.92 Å². The molecule has 2 heterocycles. The van der Waals surface area contributed by atoms with Gasteiger partial charge >= 0.3 is 12.0 Å². The predicted octanol–water partition coefficient (Wildman–Crippen LogP) is 0.690. The van der Waals surface area contributed by atoms with Gasteiger partial charge < -0.3 is 20.1 Å². The molecule has 1 atom stereocenters. The number of methoxy groups -OCH3 is 2. The monoisotopic (exact) mass is 267 g/mol. The summed E-state index contributed by atoms with van der Waals surface area (Å²) in [7, 11) is 3.04. The Labute approximate surface area is 113 Å². The van der Waals surface area contributed by atoms with E-state index < -0.39 is 0 Å². The average Bonchev–Trinajstić information content (AvgIpc) is 2.45. The minimum absolute atomic E-state index is 0.214. The van der Waals surface area contributed by atoms with Crippen LogP contribution in [0, 0.1) is 5.41 Å². The summed E-state index contributed by atoms with van der Waals surface area (Å²) in [6.07, 6.45) is 2.38. The Balaban J connectivity index is 2.02. The summed E-state index contributed by atoms with van der Waals surface area (Å²) < 4.78 is 10.0. The molecule has 1 aromatic rings. The number of anilines is 1. The molecule has 0 aromatic carbocycles. The Morgan fingerprint density at radius 1 is 1.21 bits per heavy atom. The lowest BCUT2D eigenvalue weighted by molar-refractivity contribution is 0.252. The van der Waals surface area contributed by atoms with Crippen molar-refractivity contribution in [1.82, 2.24) is 20.3 Å². The Morgan fingerprint density at radius 2 is 1.89 bits per heavy atom. The third kappa shape index (κ3) is 3.66. The fourth-order valence-electron chi connectivity index (χ4n) is 2.16. The van der Waals surface area contributed by atoms with Gasteiger partial charge in [-0.25, -0.2) is 0 Å². The number of rotatable bonds is 5. The van der Waals surface area contributed by atoms with Gasteiger partial charge in [0.2, 0.25) is 5.95 Å². The third-order valence-corrected chi connectivity index (χ3v) is 3.32. The molecule has 106 valence electrons. The second kappa shape index (κ2) is 6.01. The van der Waals surface area contributed by atoms with Crippen molar-refractivity contribution in [2.45, 2.75) is 19.8 Å². The van der Waals surface area contributed by atoms with Gasteiger partial charge in [0, 0.05) is 13.1 Å². The van der Waals surface area contributed by atoms with E-state index in [-0.39, 0.29) is 17.4 Å². The van der Waals surface area contributed by atoms with Gasteiger partial charge in [-0.05, 0) is 24.8 Å². The number of hydrogen-bond donors (Lipinski definition) is 2. The van der Waals surface area contributed by atoms with Crippen molar-refractivity contribution in [3.05, 3.63) is 0 Å². The van der Waals surface area contributed by atoms with Gasteiger partial charge in [0.05, 0.1) is 14.2 Å². The van der Waals surface area contributed by atoms with Crippen LogP contribution in [0.25, 0.3) is 0 Å². The highest BCUT2D eigenvalue weighted by atomic mass is 16.5. The summed E-state index contributed by atoms with van der Waals surface area (Å²) in [5, 5.41) is 6.66. The standard InChI is InChI=1S/C12H21N5O2/c1-12(5-4-6-13-7-12)8-14-9-15-10(18-2)17-11(16-9)19-3/h13H,4-8H2,1-3H3,(H,14,15,16,17). The first-order chi connectivity index (χ1) is 9.15. The molecule has 1 saturated heterocycles. The van der Waals surface area contributed by atoms with E-state index in [1.54, 1.807) is 0 Å². The van der Waals surface area contributed by atoms with E-state index in [1.165, 1.54) is 27.1 Å². The van der Waals surface area contributed by atoms with E-state index in [0.717, 1.165) is 19.6 Å². The number of nitrogens with zero attached hydrogens (tertiary/aromatic N) is 3. The molecule has 19 heavy (non-hydrogen) atoms. The second-order valence-corrected chi connectivity index (χ2v) is 5.08. The second-order valence-electron chi connectivity index (χ2n) is 5.08. The number of aromatic nitrogens is 3. The summed E-state index contributed by atoms with van der Waals surface area (Å²) in [5.41, 5.74) is 0.214. The minimum atomic E-state index is 0.214. The molecular formula is C12H21N5O2. The molecule has 7 heteroatoms. The molecule has 0 radical (unpaired) electrons. The van der Waals surface area contributed by atoms with Crippen LogP contribution in [0.5, 0.6) is 12.0 Å². The SMILES string of the molecule is COc1nc(NCC2(C)CCCNC2)nc(OC)n1. The summed E-state index contributed by atoms with van der Waals surface area (Å²) in [6, 6.07) is 0.502. The van der Waals surface area contributed by atoms with E-state index >= 15 is 0 Å². The molecule has 1 unspecified atom stereocenters. The quantitative estimate of drug-likeness (QED) is 0.812. The van der Waals surface area contributed by atoms with Crippen molar-refractivity contribution < 1.29 is 9.47 Å². The molecule has 1 aliphatic rings. The van der Waals surface area contributed by atoms with E-state index in [0.29, 0.717) is 5.95 Å². The smallest absolute Gasteiger partial charge is 0.324 e. The zero-order chi connectivity index (χ0) is 13.7. The Morgan fingerprint density at radius 3 is 2.42 bits per heavy atom. The highest BCUT2D eigenvalue weighted by molar-refractivity contribution is 5.28. The first-order valence-corrected chi connectivity index (χ1v) is 6.44. The van der Waals surface area contributed by atoms with Crippen LogP contribution in [0.4, 0.5) is 5.95 Å². The van der Waals surface area contributed by atoms with Crippen LogP contribution in [-0.2, 0) is 0 Å². The largest absolute Gasteiger partial charge is 0.467 e. The summed E-state index contributed by atoms with van der Waals surface area (Å²) >= 11 is 0. The van der Waals surface area contributed by atoms with Gasteiger partial charge in [-0.2, -0.15) is 9.97 Å². The molecule has 0 amide bonds. The molecular weight excluding hydrogens is 246 g/mol. The highest BCUT2D eigenvalue weighted by Crippen LogP contribution is 2.25. The number of hydrogen-bond acceptors (Lipinski definition) is 7. The fourth-order valence-corrected chi connectivity index (χ4v) is 2.16. The molecule has 2 N–H and O–H groups in total. The third-order valence-electron chi connectivity index (χ3n) is 3.32. The zero-order valence-corrected chi connectivity index (χ0v) is 11.7. The molecule has 0 aliphatic carbocycles. The number of nitrogens with one attached hydrogen (secondary N) is 2. The van der Waals surface area contributed by atoms with Crippen LogP contribution < -0.4 is 20.1 Å². The van der Waals surface area contributed by atoms with E-state index in [1.807, 2.05) is 0 Å². The normalized spacial score (nSPS) is 22.9. The van der Waals surface area contributed by atoms with Crippen molar-refractivity contribution in [3.63, 3.8) is 0 Å². The van der Waals surface area contributed by atoms with Gasteiger partial charge in [-0.15, -0.1) is 4.98 Å². The maximum absolute atomic E-state index is 5.02. The molecule has 1 fully saturated rings. The van der Waals surface area contributed by atoms with Crippen LogP contribution in [0.1, 0.15) is 19.8 Å². The van der Waals surface area contributed by atoms with Crippen molar-refractivity contribution in [3.8, 4) is 12.0 Å². The molecule has 7 nitrogen and oxygen atoms in total. The van der Waals surface area contributed by atoms with Gasteiger partial charge in [0.1, 0.15) is 0 Å². The van der Waals surface area contributed by atoms with Gasteiger partial charge in [0.15, 0.2) is 0 Å². The van der Waals surface area contributed by atoms with Gasteiger partial charge in [0.25, 0.3) is 0 Å². The molecule has 0 saturated carbocycles. The van der Waals surface area contributed by atoms with Crippen molar-refractivity contribution >= 4 is 5.95 Å². The van der Waals surface area contributed by atoms with Gasteiger partial charge in [-0.3, -0.25) is 0 Å². The molecule has 0 bridgehead atoms. The molecule has 1 aliphatic heterocycles. The molecule has 1 aromatic heterocycles. The van der Waals surface area contributed by atoms with Crippen LogP contribution >= 0.6 is 0 Å². The maximum atomic E-state index is 5.02. The Bertz CT molecular complexity index is 398. The van der Waals surface area contributed by atoms with Crippen molar-refractivity contribution in [2.75, 3.05) is 39.2 Å². The lowest BCUT2D eigenvalue weighted by Gasteiger charge is -2.34. The fraction of sp³-hybridized carbons (Fsp3) is 0.750. The van der Waals surface area contributed by atoms with Crippen LogP contribution in [0.3, 0.4) is 0 Å². The van der Waals surface area contributed by atoms with Crippen molar-refractivity contribution in [1.29, 1.82) is 0 Å². The first-order valence-electron chi connectivity index (χ1n) is 6.44. The topological polar surface area (TPSA) is 81.2 Å². The summed E-state index contributed by atoms with van der Waals surface area (Å²) in [5.74, 6) is 0.482. The minimum Gasteiger partial charge on any atom is -0.467 e. The Kier molecular flexibility index (Phi) is 4.36. The predicted molar refractivity (Wildman–Crippen MR) is 71.6 cm³/mol. The lowest BCUT2D eigenvalue weighted by atomic mass is 9.83. The van der Waals surface area contributed by atoms with E-state index in [2.05, 4.69) is 32.5 Å². The number of piperidine rings is 1. The summed E-state index contributed by atoms with van der Waals surface area (Å²) in [4.78, 5) is 12.3. The number of ether oxygens (including phenoxy) is 2. The summed E-state index contributed by atoms with van der Waals surface area (Å²) in [6.45, 7) is 5.15. The van der Waals surface area contributed by atoms with Crippen LogP contribution in [0.2, 0.25) is 0 Å². The van der Waals surface area contributed by atoms with E-state index in [9.17, 15) is 0 Å². The zero-order valence-electron chi connectivity index (χ0n) is 11.7. The lowest BCUT2D eigenvalue weighted by Crippen LogP contribution is -2.42. The highest BCUT2D eigenvalue weighted by Gasteiger charge is 2.26. The van der Waals surface area contributed by atoms with Crippen LogP contribution in [-0.4, -0.2) is 48.8 Å². The maximum Gasteiger partial charge on any atom is 0.324 e. The van der Waals surface area contributed by atoms with Crippen molar-refractivity contribution in [2.24, 2.45) is 5.41 Å².